The number of carbonyl (C=O) groups is 1. The van der Waals surface area contributed by atoms with Crippen LogP contribution in [0.5, 0.6) is 0 Å². The van der Waals surface area contributed by atoms with Crippen molar-refractivity contribution in [2.45, 2.75) is 148 Å². The fourth-order valence-electron chi connectivity index (χ4n) is 3.17. The van der Waals surface area contributed by atoms with Gasteiger partial charge < -0.3 is 5.11 Å². The van der Waals surface area contributed by atoms with E-state index in [1.54, 1.807) is 0 Å². The van der Waals surface area contributed by atoms with Gasteiger partial charge in [-0.15, -0.1) is 0 Å². The summed E-state index contributed by atoms with van der Waals surface area (Å²) in [6, 6.07) is 0. The maximum Gasteiger partial charge on any atom is 0.306 e. The second-order valence-corrected chi connectivity index (χ2v) is 14.0. The number of hydrogen-bond acceptors (Lipinski definition) is 3. The lowest BCUT2D eigenvalue weighted by Crippen LogP contribution is -2.38. The topological polar surface area (TPSA) is 55.8 Å². The summed E-state index contributed by atoms with van der Waals surface area (Å²) in [7, 11) is 0. The molecule has 0 bridgehead atoms. The van der Waals surface area contributed by atoms with E-state index in [2.05, 4.69) is 90.0 Å². The average Bonchev–Trinajstić information content (AvgIpc) is 2.54. The van der Waals surface area contributed by atoms with E-state index in [9.17, 15) is 4.79 Å². The maximum atomic E-state index is 10.4. The number of carboxylic acids is 1. The van der Waals surface area contributed by atoms with Crippen LogP contribution in [0.2, 0.25) is 0 Å². The Balaban J connectivity index is 0. The SMILES string of the molecule is CC(C)(C)CC(OOC(CC(C)(C)C)C(C)(C)C)C(C)(C)C.CCCCC(CC)C(=O)O. The zero-order valence-electron chi connectivity index (χ0n) is 24.1. The molecule has 4 heteroatoms. The maximum absolute atomic E-state index is 10.4. The van der Waals surface area contributed by atoms with Crippen LogP contribution >= 0.6 is 0 Å². The van der Waals surface area contributed by atoms with E-state index in [4.69, 9.17) is 14.9 Å². The molecule has 0 heterocycles. The van der Waals surface area contributed by atoms with Crippen LogP contribution in [0.4, 0.5) is 0 Å². The summed E-state index contributed by atoms with van der Waals surface area (Å²) in [6.07, 6.45) is 5.88. The molecule has 0 aromatic heterocycles. The zero-order valence-corrected chi connectivity index (χ0v) is 24.1. The molecule has 0 saturated heterocycles. The van der Waals surface area contributed by atoms with Gasteiger partial charge in [-0.3, -0.25) is 4.79 Å². The Bertz CT molecular complexity index is 463. The van der Waals surface area contributed by atoms with Crippen molar-refractivity contribution in [1.29, 1.82) is 0 Å². The molecule has 0 aromatic rings. The molecule has 3 unspecified atom stereocenters. The van der Waals surface area contributed by atoms with Crippen LogP contribution in [-0.2, 0) is 14.6 Å². The number of hydrogen-bond donors (Lipinski definition) is 1. The highest BCUT2D eigenvalue weighted by molar-refractivity contribution is 5.69. The standard InChI is InChI=1S/C20H42O2.C8H16O2/c1-17(2,3)13-15(19(7,8)9)21-22-16(20(10,11)12)14-18(4,5)6;1-3-5-6-7(4-2)8(9)10/h15-16H,13-14H2,1-12H3;7H,3-6H2,1-2H3,(H,9,10). The Morgan fingerprint density at radius 2 is 1.06 bits per heavy atom. The van der Waals surface area contributed by atoms with E-state index >= 15 is 0 Å². The Kier molecular flexibility index (Phi) is 14.6. The molecule has 0 fully saturated rings. The van der Waals surface area contributed by atoms with E-state index in [0.717, 1.165) is 38.5 Å². The van der Waals surface area contributed by atoms with Crippen molar-refractivity contribution >= 4 is 5.97 Å². The van der Waals surface area contributed by atoms with Gasteiger partial charge in [0.1, 0.15) is 0 Å². The van der Waals surface area contributed by atoms with Crippen molar-refractivity contribution in [3.8, 4) is 0 Å². The molecule has 0 saturated carbocycles. The van der Waals surface area contributed by atoms with Crippen LogP contribution in [0.1, 0.15) is 135 Å². The zero-order chi connectivity index (χ0) is 26.0. The third kappa shape index (κ3) is 17.9. The molecule has 0 amide bonds. The molecular formula is C28H58O4. The molecule has 194 valence electrons. The van der Waals surface area contributed by atoms with Gasteiger partial charge in [0.05, 0.1) is 18.1 Å². The number of unbranched alkanes of at least 4 members (excludes halogenated alkanes) is 1. The molecule has 0 radical (unpaired) electrons. The lowest BCUT2D eigenvalue weighted by atomic mass is 9.78. The number of aliphatic carboxylic acids is 1. The Morgan fingerprint density at radius 3 is 1.25 bits per heavy atom. The van der Waals surface area contributed by atoms with Crippen molar-refractivity contribution in [3.63, 3.8) is 0 Å². The van der Waals surface area contributed by atoms with Crippen molar-refractivity contribution in [3.05, 3.63) is 0 Å². The largest absolute Gasteiger partial charge is 0.481 e. The lowest BCUT2D eigenvalue weighted by Gasteiger charge is -2.39. The summed E-state index contributed by atoms with van der Waals surface area (Å²) in [6.45, 7) is 30.9. The summed E-state index contributed by atoms with van der Waals surface area (Å²) >= 11 is 0. The summed E-state index contributed by atoms with van der Waals surface area (Å²) < 4.78 is 0. The molecule has 0 aliphatic carbocycles. The minimum Gasteiger partial charge on any atom is -0.481 e. The summed E-state index contributed by atoms with van der Waals surface area (Å²) in [5, 5.41) is 8.60. The third-order valence-corrected chi connectivity index (χ3v) is 5.56. The first-order valence-electron chi connectivity index (χ1n) is 12.7. The van der Waals surface area contributed by atoms with E-state index in [-0.39, 0.29) is 39.8 Å². The third-order valence-electron chi connectivity index (χ3n) is 5.56. The minimum atomic E-state index is -0.643. The van der Waals surface area contributed by atoms with Crippen LogP contribution in [-0.4, -0.2) is 23.3 Å². The molecule has 4 nitrogen and oxygen atoms in total. The van der Waals surface area contributed by atoms with Gasteiger partial charge >= 0.3 is 5.97 Å². The first kappa shape index (κ1) is 33.6. The first-order chi connectivity index (χ1) is 14.1. The number of carboxylic acid groups (broad SMARTS) is 1. The van der Waals surface area contributed by atoms with Gasteiger partial charge in [-0.1, -0.05) is 110 Å². The van der Waals surface area contributed by atoms with Crippen molar-refractivity contribution in [2.75, 3.05) is 0 Å². The molecule has 0 rings (SSSR count). The molecule has 1 N–H and O–H groups in total. The normalized spacial score (nSPS) is 16.1. The second-order valence-electron chi connectivity index (χ2n) is 14.0. The van der Waals surface area contributed by atoms with Crippen LogP contribution in [0.25, 0.3) is 0 Å². The van der Waals surface area contributed by atoms with Gasteiger partial charge in [-0.2, -0.15) is 0 Å². The van der Waals surface area contributed by atoms with E-state index in [1.807, 2.05) is 6.92 Å². The van der Waals surface area contributed by atoms with E-state index < -0.39 is 5.97 Å². The summed E-state index contributed by atoms with van der Waals surface area (Å²) in [5.41, 5.74) is 0.583. The Labute approximate surface area is 201 Å². The van der Waals surface area contributed by atoms with Crippen LogP contribution in [0, 0.1) is 27.6 Å². The summed E-state index contributed by atoms with van der Waals surface area (Å²) in [4.78, 5) is 22.5. The fraction of sp³-hybridized carbons (Fsp3) is 0.964. The molecule has 0 aliphatic rings. The Morgan fingerprint density at radius 1 is 0.719 bits per heavy atom. The minimum absolute atomic E-state index is 0.0669. The molecule has 0 aliphatic heterocycles. The predicted molar refractivity (Wildman–Crippen MR) is 138 cm³/mol. The fourth-order valence-corrected chi connectivity index (χ4v) is 3.17. The monoisotopic (exact) mass is 458 g/mol. The molecular weight excluding hydrogens is 400 g/mol. The van der Waals surface area contributed by atoms with Crippen molar-refractivity contribution in [1.82, 2.24) is 0 Å². The van der Waals surface area contributed by atoms with Gasteiger partial charge in [0.25, 0.3) is 0 Å². The van der Waals surface area contributed by atoms with Crippen LogP contribution in [0.3, 0.4) is 0 Å². The predicted octanol–water partition coefficient (Wildman–Crippen LogP) is 8.92. The van der Waals surface area contributed by atoms with Gasteiger partial charge in [-0.05, 0) is 47.3 Å². The molecule has 32 heavy (non-hydrogen) atoms. The molecule has 0 spiro atoms. The number of rotatable bonds is 10. The first-order valence-corrected chi connectivity index (χ1v) is 12.7. The van der Waals surface area contributed by atoms with Gasteiger partial charge in [0.2, 0.25) is 0 Å². The van der Waals surface area contributed by atoms with Crippen LogP contribution < -0.4 is 0 Å². The lowest BCUT2D eigenvalue weighted by molar-refractivity contribution is -0.385. The van der Waals surface area contributed by atoms with Gasteiger partial charge in [0, 0.05) is 0 Å². The molecule has 0 aromatic carbocycles. The highest BCUT2D eigenvalue weighted by Crippen LogP contribution is 2.37. The molecule has 3 atom stereocenters. The van der Waals surface area contributed by atoms with Crippen molar-refractivity contribution in [2.24, 2.45) is 27.6 Å². The average molecular weight is 459 g/mol. The van der Waals surface area contributed by atoms with Crippen LogP contribution in [0.15, 0.2) is 0 Å². The highest BCUT2D eigenvalue weighted by atomic mass is 17.2. The highest BCUT2D eigenvalue weighted by Gasteiger charge is 2.35. The van der Waals surface area contributed by atoms with Crippen molar-refractivity contribution < 1.29 is 19.7 Å². The summed E-state index contributed by atoms with van der Waals surface area (Å²) in [5.74, 6) is -0.754. The smallest absolute Gasteiger partial charge is 0.306 e. The Hall–Kier alpha value is -0.610. The van der Waals surface area contributed by atoms with E-state index in [1.165, 1.54) is 0 Å². The van der Waals surface area contributed by atoms with E-state index in [0.29, 0.717) is 0 Å². The van der Waals surface area contributed by atoms with Gasteiger partial charge in [0.15, 0.2) is 0 Å². The quantitative estimate of drug-likeness (QED) is 0.262. The second kappa shape index (κ2) is 13.9. The van der Waals surface area contributed by atoms with Gasteiger partial charge in [-0.25, -0.2) is 9.78 Å².